The number of carbonyl (C=O) groups excluding carboxylic acids is 1. The number of nitrogens with zero attached hydrogens (tertiary/aromatic N) is 1. The third kappa shape index (κ3) is 3.29. The maximum atomic E-state index is 13.0. The Labute approximate surface area is 123 Å². The van der Waals surface area contributed by atoms with Crippen LogP contribution >= 0.6 is 11.6 Å². The zero-order valence-corrected chi connectivity index (χ0v) is 12.4. The minimum atomic E-state index is -0.639. The average molecular weight is 300 g/mol. The maximum Gasteiger partial charge on any atom is 0.244 e. The van der Waals surface area contributed by atoms with E-state index in [9.17, 15) is 9.18 Å². The summed E-state index contributed by atoms with van der Waals surface area (Å²) in [6.45, 7) is 7.13. The van der Waals surface area contributed by atoms with Gasteiger partial charge in [0.15, 0.2) is 0 Å². The first kappa shape index (κ1) is 15.2. The number of nitrogens with one attached hydrogen (secondary N) is 2. The second-order valence-corrected chi connectivity index (χ2v) is 5.78. The molecule has 1 aliphatic heterocycles. The van der Waals surface area contributed by atoms with Crippen molar-refractivity contribution in [3.63, 3.8) is 0 Å². The van der Waals surface area contributed by atoms with Crippen LogP contribution in [0.1, 0.15) is 13.8 Å². The van der Waals surface area contributed by atoms with Gasteiger partial charge >= 0.3 is 0 Å². The maximum absolute atomic E-state index is 13.0. The lowest BCUT2D eigenvalue weighted by molar-refractivity contribution is -0.126. The molecule has 0 bridgehead atoms. The summed E-state index contributed by atoms with van der Waals surface area (Å²) >= 11 is 5.93. The SMILES string of the molecule is CC(C)(C(=O)Nc1ccc(F)cc1Cl)N1CCNCC1. The molecule has 4 nitrogen and oxygen atoms in total. The van der Waals surface area contributed by atoms with E-state index in [1.165, 1.54) is 18.2 Å². The van der Waals surface area contributed by atoms with Crippen LogP contribution < -0.4 is 10.6 Å². The lowest BCUT2D eigenvalue weighted by Crippen LogP contribution is -2.58. The van der Waals surface area contributed by atoms with E-state index < -0.39 is 11.4 Å². The van der Waals surface area contributed by atoms with E-state index in [1.54, 1.807) is 0 Å². The number of halogens is 2. The van der Waals surface area contributed by atoms with Crippen LogP contribution in [0, 0.1) is 5.82 Å². The minimum absolute atomic E-state index is 0.145. The molecule has 0 spiro atoms. The first-order valence-electron chi connectivity index (χ1n) is 6.63. The molecule has 1 heterocycles. The van der Waals surface area contributed by atoms with Gasteiger partial charge in [0.05, 0.1) is 16.2 Å². The van der Waals surface area contributed by atoms with Gasteiger partial charge in [0.2, 0.25) is 5.91 Å². The standard InChI is InChI=1S/C14H19ClFN3O/c1-14(2,19-7-5-17-6-8-19)13(20)18-12-4-3-10(16)9-11(12)15/h3-4,9,17H,5-8H2,1-2H3,(H,18,20). The summed E-state index contributed by atoms with van der Waals surface area (Å²) in [5.41, 5.74) is -0.207. The zero-order valence-electron chi connectivity index (χ0n) is 11.7. The molecular weight excluding hydrogens is 281 g/mol. The minimum Gasteiger partial charge on any atom is -0.323 e. The first-order chi connectivity index (χ1) is 9.41. The quantitative estimate of drug-likeness (QED) is 0.898. The van der Waals surface area contributed by atoms with Gasteiger partial charge in [-0.25, -0.2) is 4.39 Å². The smallest absolute Gasteiger partial charge is 0.244 e. The Hall–Kier alpha value is -1.17. The van der Waals surface area contributed by atoms with Gasteiger partial charge in [-0.1, -0.05) is 11.6 Å². The zero-order chi connectivity index (χ0) is 14.8. The van der Waals surface area contributed by atoms with Crippen LogP contribution in [0.2, 0.25) is 5.02 Å². The fraction of sp³-hybridized carbons (Fsp3) is 0.500. The molecule has 6 heteroatoms. The predicted molar refractivity (Wildman–Crippen MR) is 78.6 cm³/mol. The first-order valence-corrected chi connectivity index (χ1v) is 7.01. The van der Waals surface area contributed by atoms with Gasteiger partial charge in [0.25, 0.3) is 0 Å². The monoisotopic (exact) mass is 299 g/mol. The van der Waals surface area contributed by atoms with Crippen LogP contribution in [-0.4, -0.2) is 42.5 Å². The van der Waals surface area contributed by atoms with Crippen molar-refractivity contribution in [3.8, 4) is 0 Å². The number of carbonyl (C=O) groups is 1. The summed E-state index contributed by atoms with van der Waals surface area (Å²) < 4.78 is 13.0. The normalized spacial score (nSPS) is 17.0. The molecule has 2 N–H and O–H groups in total. The number of piperazine rings is 1. The summed E-state index contributed by atoms with van der Waals surface area (Å²) in [7, 11) is 0. The third-order valence-corrected chi connectivity index (χ3v) is 3.96. The fourth-order valence-corrected chi connectivity index (χ4v) is 2.45. The van der Waals surface area contributed by atoms with E-state index in [0.717, 1.165) is 26.2 Å². The average Bonchev–Trinajstić information content (AvgIpc) is 2.42. The second kappa shape index (κ2) is 6.08. The highest BCUT2D eigenvalue weighted by Crippen LogP contribution is 2.25. The van der Waals surface area contributed by atoms with Gasteiger partial charge in [-0.05, 0) is 32.0 Å². The van der Waals surface area contributed by atoms with Gasteiger partial charge in [-0.2, -0.15) is 0 Å². The van der Waals surface area contributed by atoms with Gasteiger partial charge in [0.1, 0.15) is 5.82 Å². The molecule has 0 aromatic heterocycles. The molecule has 110 valence electrons. The summed E-state index contributed by atoms with van der Waals surface area (Å²) in [6.07, 6.45) is 0. The van der Waals surface area contributed by atoms with Gasteiger partial charge in [0, 0.05) is 26.2 Å². The Kier molecular flexibility index (Phi) is 4.62. The van der Waals surface area contributed by atoms with Crippen molar-refractivity contribution >= 4 is 23.2 Å². The van der Waals surface area contributed by atoms with Crippen LogP contribution in [-0.2, 0) is 4.79 Å². The molecule has 0 unspecified atom stereocenters. The number of benzene rings is 1. The Morgan fingerprint density at radius 1 is 1.40 bits per heavy atom. The van der Waals surface area contributed by atoms with Gasteiger partial charge < -0.3 is 10.6 Å². The van der Waals surface area contributed by atoms with E-state index in [1.807, 2.05) is 13.8 Å². The third-order valence-electron chi connectivity index (χ3n) is 3.64. The van der Waals surface area contributed by atoms with E-state index in [-0.39, 0.29) is 10.9 Å². The van der Waals surface area contributed by atoms with Crippen molar-refractivity contribution in [2.75, 3.05) is 31.5 Å². The molecular formula is C14H19ClFN3O. The summed E-state index contributed by atoms with van der Waals surface area (Å²) in [6, 6.07) is 3.94. The van der Waals surface area contributed by atoms with Crippen LogP contribution in [0.4, 0.5) is 10.1 Å². The van der Waals surface area contributed by atoms with Crippen molar-refractivity contribution < 1.29 is 9.18 Å². The molecule has 20 heavy (non-hydrogen) atoms. The van der Waals surface area contributed by atoms with Crippen molar-refractivity contribution in [1.29, 1.82) is 0 Å². The molecule has 1 saturated heterocycles. The number of amides is 1. The van der Waals surface area contributed by atoms with E-state index in [0.29, 0.717) is 5.69 Å². The topological polar surface area (TPSA) is 44.4 Å². The van der Waals surface area contributed by atoms with E-state index in [2.05, 4.69) is 15.5 Å². The van der Waals surface area contributed by atoms with Gasteiger partial charge in [-0.3, -0.25) is 9.69 Å². The molecule has 0 atom stereocenters. The van der Waals surface area contributed by atoms with Crippen molar-refractivity contribution in [2.24, 2.45) is 0 Å². The number of anilines is 1. The molecule has 1 aliphatic rings. The molecule has 2 rings (SSSR count). The van der Waals surface area contributed by atoms with E-state index >= 15 is 0 Å². The molecule has 0 saturated carbocycles. The predicted octanol–water partition coefficient (Wildman–Crippen LogP) is 2.10. The number of hydrogen-bond acceptors (Lipinski definition) is 3. The van der Waals surface area contributed by atoms with Crippen LogP contribution in [0.5, 0.6) is 0 Å². The summed E-state index contributed by atoms with van der Waals surface area (Å²) in [5, 5.41) is 6.23. The highest BCUT2D eigenvalue weighted by atomic mass is 35.5. The van der Waals surface area contributed by atoms with Crippen LogP contribution in [0.15, 0.2) is 18.2 Å². The van der Waals surface area contributed by atoms with Gasteiger partial charge in [-0.15, -0.1) is 0 Å². The Bertz CT molecular complexity index is 501. The summed E-state index contributed by atoms with van der Waals surface area (Å²) in [4.78, 5) is 14.6. The molecule has 0 radical (unpaired) electrons. The van der Waals surface area contributed by atoms with Crippen molar-refractivity contribution in [1.82, 2.24) is 10.2 Å². The fourth-order valence-electron chi connectivity index (χ4n) is 2.23. The summed E-state index contributed by atoms with van der Waals surface area (Å²) in [5.74, 6) is -0.567. The Morgan fingerprint density at radius 3 is 2.65 bits per heavy atom. The highest BCUT2D eigenvalue weighted by molar-refractivity contribution is 6.33. The van der Waals surface area contributed by atoms with Crippen LogP contribution in [0.3, 0.4) is 0 Å². The van der Waals surface area contributed by atoms with E-state index in [4.69, 9.17) is 11.6 Å². The number of hydrogen-bond donors (Lipinski definition) is 2. The molecule has 1 amide bonds. The highest BCUT2D eigenvalue weighted by Gasteiger charge is 2.35. The van der Waals surface area contributed by atoms with Crippen LogP contribution in [0.25, 0.3) is 0 Å². The Morgan fingerprint density at radius 2 is 2.05 bits per heavy atom. The largest absolute Gasteiger partial charge is 0.323 e. The van der Waals surface area contributed by atoms with Crippen molar-refractivity contribution in [3.05, 3.63) is 29.0 Å². The second-order valence-electron chi connectivity index (χ2n) is 5.37. The lowest BCUT2D eigenvalue weighted by atomic mass is 10.0. The lowest BCUT2D eigenvalue weighted by Gasteiger charge is -2.39. The number of rotatable bonds is 3. The molecule has 1 aromatic carbocycles. The molecule has 1 aromatic rings. The molecule has 0 aliphatic carbocycles. The van der Waals surface area contributed by atoms with Crippen molar-refractivity contribution in [2.45, 2.75) is 19.4 Å². The Balaban J connectivity index is 2.09. The molecule has 1 fully saturated rings.